The van der Waals surface area contributed by atoms with Crippen molar-refractivity contribution in [3.8, 4) is 11.4 Å². The van der Waals surface area contributed by atoms with E-state index in [0.717, 1.165) is 17.3 Å². The number of carbonyl (C=O) groups is 1. The van der Waals surface area contributed by atoms with Gasteiger partial charge < -0.3 is 9.47 Å². The van der Waals surface area contributed by atoms with E-state index in [1.165, 1.54) is 30.6 Å². The monoisotopic (exact) mass is 417 g/mol. The van der Waals surface area contributed by atoms with E-state index in [2.05, 4.69) is 20.2 Å². The summed E-state index contributed by atoms with van der Waals surface area (Å²) in [4.78, 5) is 20.3. The molecule has 3 aromatic rings. The first-order valence-corrected chi connectivity index (χ1v) is 10.2. The van der Waals surface area contributed by atoms with Gasteiger partial charge in [0.15, 0.2) is 10.3 Å². The number of carbonyl (C=O) groups excluding carboxylic acids is 1. The van der Waals surface area contributed by atoms with Crippen LogP contribution in [0, 0.1) is 0 Å². The molecule has 28 heavy (non-hydrogen) atoms. The normalized spacial score (nSPS) is 11.8. The molecule has 1 aromatic carbocycles. The second kappa shape index (κ2) is 9.56. The highest BCUT2D eigenvalue weighted by Gasteiger charge is 2.21. The quantitative estimate of drug-likeness (QED) is 0.311. The molecule has 0 unspecified atom stereocenters. The van der Waals surface area contributed by atoms with Crippen LogP contribution >= 0.6 is 23.5 Å². The highest BCUT2D eigenvalue weighted by molar-refractivity contribution is 8.00. The Bertz CT molecular complexity index is 919. The van der Waals surface area contributed by atoms with Gasteiger partial charge in [-0.2, -0.15) is 0 Å². The summed E-state index contributed by atoms with van der Waals surface area (Å²) in [5, 5.41) is 9.46. The van der Waals surface area contributed by atoms with Crippen LogP contribution in [-0.4, -0.2) is 50.2 Å². The SMILES string of the molecule is COC(=O)[C@H](C)Sc1nnc(CSc2ncccn2)n1-c1ccc(OC)cc1. The van der Waals surface area contributed by atoms with Crippen molar-refractivity contribution in [1.82, 2.24) is 24.7 Å². The van der Waals surface area contributed by atoms with Crippen LogP contribution in [0.1, 0.15) is 12.7 Å². The molecule has 2 aromatic heterocycles. The Kier molecular flexibility index (Phi) is 6.88. The minimum absolute atomic E-state index is 0.317. The molecule has 0 N–H and O–H groups in total. The van der Waals surface area contributed by atoms with Crippen molar-refractivity contribution in [3.05, 3.63) is 48.5 Å². The molecule has 0 fully saturated rings. The average Bonchev–Trinajstić information content (AvgIpc) is 3.14. The topological polar surface area (TPSA) is 92.0 Å². The number of hydrogen-bond donors (Lipinski definition) is 0. The lowest BCUT2D eigenvalue weighted by Crippen LogP contribution is -2.15. The average molecular weight is 418 g/mol. The van der Waals surface area contributed by atoms with E-state index >= 15 is 0 Å². The summed E-state index contributed by atoms with van der Waals surface area (Å²) in [5.74, 6) is 1.68. The summed E-state index contributed by atoms with van der Waals surface area (Å²) in [6.07, 6.45) is 3.39. The fourth-order valence-corrected chi connectivity index (χ4v) is 3.95. The molecule has 0 aliphatic carbocycles. The molecule has 0 bridgehead atoms. The van der Waals surface area contributed by atoms with Crippen LogP contribution < -0.4 is 4.74 Å². The van der Waals surface area contributed by atoms with Crippen molar-refractivity contribution in [1.29, 1.82) is 0 Å². The Morgan fingerprint density at radius 3 is 2.50 bits per heavy atom. The van der Waals surface area contributed by atoms with Gasteiger partial charge in [0.1, 0.15) is 16.8 Å². The number of nitrogens with zero attached hydrogens (tertiary/aromatic N) is 5. The minimum Gasteiger partial charge on any atom is -0.497 e. The first-order chi connectivity index (χ1) is 13.6. The molecule has 2 heterocycles. The predicted molar refractivity (Wildman–Crippen MR) is 107 cm³/mol. The smallest absolute Gasteiger partial charge is 0.318 e. The fraction of sp³-hybridized carbons (Fsp3) is 0.278. The first-order valence-electron chi connectivity index (χ1n) is 8.35. The molecule has 3 rings (SSSR count). The minimum atomic E-state index is -0.413. The molecule has 0 saturated carbocycles. The Hall–Kier alpha value is -2.59. The molecule has 0 saturated heterocycles. The van der Waals surface area contributed by atoms with E-state index in [1.807, 2.05) is 28.8 Å². The Labute approximate surface area is 171 Å². The fourth-order valence-electron chi connectivity index (χ4n) is 2.32. The van der Waals surface area contributed by atoms with Crippen molar-refractivity contribution >= 4 is 29.5 Å². The number of methoxy groups -OCH3 is 2. The van der Waals surface area contributed by atoms with Gasteiger partial charge in [-0.25, -0.2) is 9.97 Å². The van der Waals surface area contributed by atoms with Gasteiger partial charge in [-0.3, -0.25) is 9.36 Å². The predicted octanol–water partition coefficient (Wildman–Crippen LogP) is 3.01. The molecular weight excluding hydrogens is 398 g/mol. The zero-order chi connectivity index (χ0) is 19.9. The molecule has 1 atom stereocenters. The highest BCUT2D eigenvalue weighted by atomic mass is 32.2. The number of thioether (sulfide) groups is 2. The maximum atomic E-state index is 11.8. The Balaban J connectivity index is 1.90. The van der Waals surface area contributed by atoms with Gasteiger partial charge in [0.05, 0.1) is 20.0 Å². The summed E-state index contributed by atoms with van der Waals surface area (Å²) in [6.45, 7) is 1.77. The first kappa shape index (κ1) is 20.2. The van der Waals surface area contributed by atoms with Gasteiger partial charge in [0.2, 0.25) is 0 Å². The zero-order valence-electron chi connectivity index (χ0n) is 15.6. The molecule has 0 amide bonds. The van der Waals surface area contributed by atoms with E-state index in [4.69, 9.17) is 9.47 Å². The van der Waals surface area contributed by atoms with Gasteiger partial charge in [-0.15, -0.1) is 10.2 Å². The second-order valence-electron chi connectivity index (χ2n) is 5.54. The largest absolute Gasteiger partial charge is 0.497 e. The standard InChI is InChI=1S/C18H19N5O3S2/c1-12(16(24)26-3)28-18-22-21-15(11-27-17-19-9-4-10-20-17)23(18)13-5-7-14(25-2)8-6-13/h4-10,12H,11H2,1-3H3/t12-/m0/s1. The van der Waals surface area contributed by atoms with Gasteiger partial charge in [0.25, 0.3) is 0 Å². The number of ether oxygens (including phenoxy) is 2. The lowest BCUT2D eigenvalue weighted by Gasteiger charge is -2.12. The number of rotatable bonds is 8. The third kappa shape index (κ3) is 4.82. The molecule has 8 nitrogen and oxygen atoms in total. The zero-order valence-corrected chi connectivity index (χ0v) is 17.2. The highest BCUT2D eigenvalue weighted by Crippen LogP contribution is 2.29. The van der Waals surface area contributed by atoms with Gasteiger partial charge in [-0.1, -0.05) is 23.5 Å². The summed E-state index contributed by atoms with van der Waals surface area (Å²) in [5.41, 5.74) is 0.870. The van der Waals surface area contributed by atoms with Crippen LogP contribution in [0.15, 0.2) is 53.0 Å². The van der Waals surface area contributed by atoms with Crippen molar-refractivity contribution < 1.29 is 14.3 Å². The lowest BCUT2D eigenvalue weighted by molar-refractivity contribution is -0.139. The summed E-state index contributed by atoms with van der Waals surface area (Å²) in [6, 6.07) is 9.34. The van der Waals surface area contributed by atoms with E-state index in [1.54, 1.807) is 32.5 Å². The van der Waals surface area contributed by atoms with Gasteiger partial charge in [0, 0.05) is 18.1 Å². The van der Waals surface area contributed by atoms with Gasteiger partial charge in [-0.05, 0) is 37.3 Å². The number of benzene rings is 1. The maximum absolute atomic E-state index is 11.8. The maximum Gasteiger partial charge on any atom is 0.318 e. The van der Waals surface area contributed by atoms with Gasteiger partial charge >= 0.3 is 5.97 Å². The van der Waals surface area contributed by atoms with Crippen molar-refractivity contribution in [2.24, 2.45) is 0 Å². The summed E-state index contributed by atoms with van der Waals surface area (Å²) in [7, 11) is 2.99. The van der Waals surface area contributed by atoms with E-state index in [9.17, 15) is 4.79 Å². The third-order valence-corrected chi connectivity index (χ3v) is 5.61. The summed E-state index contributed by atoms with van der Waals surface area (Å²) < 4.78 is 12.0. The Morgan fingerprint density at radius 2 is 1.86 bits per heavy atom. The lowest BCUT2D eigenvalue weighted by atomic mass is 10.3. The number of esters is 1. The van der Waals surface area contributed by atoms with E-state index < -0.39 is 5.25 Å². The Morgan fingerprint density at radius 1 is 1.14 bits per heavy atom. The second-order valence-corrected chi connectivity index (χ2v) is 7.79. The van der Waals surface area contributed by atoms with E-state index in [-0.39, 0.29) is 5.97 Å². The van der Waals surface area contributed by atoms with Crippen LogP contribution in [-0.2, 0) is 15.3 Å². The van der Waals surface area contributed by atoms with Crippen LogP contribution in [0.4, 0.5) is 0 Å². The van der Waals surface area contributed by atoms with Crippen molar-refractivity contribution in [3.63, 3.8) is 0 Å². The third-order valence-electron chi connectivity index (χ3n) is 3.72. The van der Waals surface area contributed by atoms with Crippen molar-refractivity contribution in [2.75, 3.05) is 14.2 Å². The molecule has 0 radical (unpaired) electrons. The van der Waals surface area contributed by atoms with Crippen LogP contribution in [0.2, 0.25) is 0 Å². The van der Waals surface area contributed by atoms with E-state index in [0.29, 0.717) is 16.1 Å². The molecule has 10 heteroatoms. The molecule has 0 aliphatic heterocycles. The molecule has 0 spiro atoms. The molecule has 146 valence electrons. The van der Waals surface area contributed by atoms with Crippen LogP contribution in [0.5, 0.6) is 5.75 Å². The van der Waals surface area contributed by atoms with Crippen molar-refractivity contribution in [2.45, 2.75) is 28.2 Å². The number of aromatic nitrogens is 5. The van der Waals surface area contributed by atoms with Crippen LogP contribution in [0.3, 0.4) is 0 Å². The molecule has 0 aliphatic rings. The van der Waals surface area contributed by atoms with Crippen LogP contribution in [0.25, 0.3) is 5.69 Å². The molecular formula is C18H19N5O3S2. The number of hydrogen-bond acceptors (Lipinski definition) is 9. The summed E-state index contributed by atoms with van der Waals surface area (Å²) >= 11 is 2.76.